The minimum Gasteiger partial charge on any atom is -0.494 e. The van der Waals surface area contributed by atoms with Crippen molar-refractivity contribution in [3.8, 4) is 17.0 Å². The van der Waals surface area contributed by atoms with E-state index in [2.05, 4.69) is 10.3 Å². The number of para-hydroxylation sites is 1. The van der Waals surface area contributed by atoms with Crippen LogP contribution in [0, 0.1) is 10.1 Å². The van der Waals surface area contributed by atoms with Crippen molar-refractivity contribution in [3.05, 3.63) is 64.5 Å². The summed E-state index contributed by atoms with van der Waals surface area (Å²) in [6.07, 6.45) is 1.58. The number of aryl methyl sites for hydroxylation is 1. The molecule has 4 rings (SSSR count). The summed E-state index contributed by atoms with van der Waals surface area (Å²) in [7, 11) is 12.5. The molecule has 12 heteroatoms. The minimum absolute atomic E-state index is 0.0753. The number of hydrogen-bond acceptors (Lipinski definition) is 9. The van der Waals surface area contributed by atoms with Gasteiger partial charge in [0, 0.05) is 76.1 Å². The Labute approximate surface area is 232 Å². The molecule has 0 radical (unpaired) electrons. The summed E-state index contributed by atoms with van der Waals surface area (Å²) >= 11 is 0. The SMILES string of the molecule is COc1cc(N(C)CCN(C)C)c([N+](=O)[O-])cc1Nc1nccc(-c2c(C(=O)N(C)C)n(C)c3ccccc23)n1. The van der Waals surface area contributed by atoms with Crippen molar-refractivity contribution >= 4 is 39.8 Å². The predicted octanol–water partition coefficient (Wildman–Crippen LogP) is 4.00. The number of carbonyl (C=O) groups excluding carboxylic acids is 1. The molecular weight excluding hydrogens is 512 g/mol. The highest BCUT2D eigenvalue weighted by Crippen LogP contribution is 2.39. The average molecular weight is 547 g/mol. The van der Waals surface area contributed by atoms with Crippen LogP contribution in [0.3, 0.4) is 0 Å². The van der Waals surface area contributed by atoms with Crippen LogP contribution in [0.25, 0.3) is 22.2 Å². The fourth-order valence-corrected chi connectivity index (χ4v) is 4.54. The molecule has 0 saturated heterocycles. The number of likely N-dealkylation sites (N-methyl/N-ethyl adjacent to an activating group) is 2. The Morgan fingerprint density at radius 1 is 1.10 bits per heavy atom. The number of nitro benzene ring substituents is 1. The molecule has 2 aromatic heterocycles. The Hall–Kier alpha value is -4.71. The van der Waals surface area contributed by atoms with Crippen LogP contribution < -0.4 is 15.0 Å². The topological polar surface area (TPSA) is 122 Å². The van der Waals surface area contributed by atoms with E-state index in [4.69, 9.17) is 9.72 Å². The lowest BCUT2D eigenvalue weighted by atomic mass is 10.1. The van der Waals surface area contributed by atoms with E-state index in [0.29, 0.717) is 40.6 Å². The van der Waals surface area contributed by atoms with Crippen molar-refractivity contribution in [1.82, 2.24) is 24.3 Å². The molecular formula is C28H34N8O4. The van der Waals surface area contributed by atoms with Gasteiger partial charge >= 0.3 is 0 Å². The number of carbonyl (C=O) groups is 1. The van der Waals surface area contributed by atoms with Crippen molar-refractivity contribution in [1.29, 1.82) is 0 Å². The second-order valence-corrected chi connectivity index (χ2v) is 9.91. The quantitative estimate of drug-likeness (QED) is 0.232. The van der Waals surface area contributed by atoms with Crippen molar-refractivity contribution in [2.24, 2.45) is 7.05 Å². The van der Waals surface area contributed by atoms with Gasteiger partial charge in [0.05, 0.1) is 23.4 Å². The maximum atomic E-state index is 13.2. The van der Waals surface area contributed by atoms with Crippen LogP contribution in [0.5, 0.6) is 5.75 Å². The van der Waals surface area contributed by atoms with Gasteiger partial charge in [-0.05, 0) is 26.2 Å². The lowest BCUT2D eigenvalue weighted by Gasteiger charge is -2.22. The van der Waals surface area contributed by atoms with E-state index >= 15 is 0 Å². The number of aromatic nitrogens is 3. The Kier molecular flexibility index (Phi) is 8.19. The first-order valence-corrected chi connectivity index (χ1v) is 12.6. The molecule has 0 bridgehead atoms. The smallest absolute Gasteiger partial charge is 0.294 e. The summed E-state index contributed by atoms with van der Waals surface area (Å²) in [4.78, 5) is 39.2. The average Bonchev–Trinajstić information content (AvgIpc) is 3.23. The van der Waals surface area contributed by atoms with Crippen LogP contribution in [-0.4, -0.2) is 90.6 Å². The number of fused-ring (bicyclic) bond motifs is 1. The molecule has 40 heavy (non-hydrogen) atoms. The zero-order chi connectivity index (χ0) is 29.1. The molecule has 0 aliphatic carbocycles. The molecule has 0 aliphatic heterocycles. The van der Waals surface area contributed by atoms with Crippen LogP contribution >= 0.6 is 0 Å². The first-order chi connectivity index (χ1) is 19.0. The van der Waals surface area contributed by atoms with Crippen LogP contribution in [0.4, 0.5) is 23.0 Å². The number of nitrogens with zero attached hydrogens (tertiary/aromatic N) is 7. The molecule has 0 fully saturated rings. The number of ether oxygens (including phenoxy) is 1. The Balaban J connectivity index is 1.78. The van der Waals surface area contributed by atoms with E-state index in [1.54, 1.807) is 32.4 Å². The van der Waals surface area contributed by atoms with E-state index in [1.807, 2.05) is 66.8 Å². The molecule has 210 valence electrons. The molecule has 1 amide bonds. The number of hydrogen-bond donors (Lipinski definition) is 1. The zero-order valence-corrected chi connectivity index (χ0v) is 23.8. The van der Waals surface area contributed by atoms with Gasteiger partial charge < -0.3 is 29.3 Å². The van der Waals surface area contributed by atoms with E-state index < -0.39 is 4.92 Å². The summed E-state index contributed by atoms with van der Waals surface area (Å²) in [6, 6.07) is 12.5. The summed E-state index contributed by atoms with van der Waals surface area (Å²) in [6.45, 7) is 1.32. The van der Waals surface area contributed by atoms with Gasteiger partial charge in [0.2, 0.25) is 5.95 Å². The van der Waals surface area contributed by atoms with Gasteiger partial charge in [0.1, 0.15) is 17.1 Å². The van der Waals surface area contributed by atoms with Gasteiger partial charge in [-0.25, -0.2) is 9.97 Å². The molecule has 0 aliphatic rings. The van der Waals surface area contributed by atoms with Crippen molar-refractivity contribution in [3.63, 3.8) is 0 Å². The second kappa shape index (κ2) is 11.6. The maximum Gasteiger partial charge on any atom is 0.294 e. The number of methoxy groups -OCH3 is 1. The highest BCUT2D eigenvalue weighted by molar-refractivity contribution is 6.09. The first-order valence-electron chi connectivity index (χ1n) is 12.6. The fraction of sp³-hybridized carbons (Fsp3) is 0.321. The normalized spacial score (nSPS) is 11.1. The lowest BCUT2D eigenvalue weighted by Crippen LogP contribution is -2.28. The van der Waals surface area contributed by atoms with Gasteiger partial charge in [0.25, 0.3) is 11.6 Å². The Morgan fingerprint density at radius 2 is 1.82 bits per heavy atom. The van der Waals surface area contributed by atoms with E-state index in [1.165, 1.54) is 18.1 Å². The molecule has 0 unspecified atom stereocenters. The maximum absolute atomic E-state index is 13.2. The van der Waals surface area contributed by atoms with E-state index in [-0.39, 0.29) is 17.5 Å². The molecule has 0 spiro atoms. The molecule has 0 saturated carbocycles. The third-order valence-corrected chi connectivity index (χ3v) is 6.66. The minimum atomic E-state index is -0.418. The van der Waals surface area contributed by atoms with Crippen LogP contribution in [-0.2, 0) is 7.05 Å². The monoisotopic (exact) mass is 546 g/mol. The fourth-order valence-electron chi connectivity index (χ4n) is 4.54. The van der Waals surface area contributed by atoms with Crippen LogP contribution in [0.15, 0.2) is 48.7 Å². The van der Waals surface area contributed by atoms with Gasteiger partial charge in [-0.3, -0.25) is 14.9 Å². The van der Waals surface area contributed by atoms with Gasteiger partial charge in [-0.1, -0.05) is 18.2 Å². The number of nitrogens with one attached hydrogen (secondary N) is 1. The van der Waals surface area contributed by atoms with Gasteiger partial charge in [-0.2, -0.15) is 0 Å². The van der Waals surface area contributed by atoms with E-state index in [0.717, 1.165) is 17.4 Å². The molecule has 4 aromatic rings. The number of amides is 1. The summed E-state index contributed by atoms with van der Waals surface area (Å²) < 4.78 is 7.45. The highest BCUT2D eigenvalue weighted by atomic mass is 16.6. The number of anilines is 3. The predicted molar refractivity (Wildman–Crippen MR) is 157 cm³/mol. The molecule has 12 nitrogen and oxygen atoms in total. The van der Waals surface area contributed by atoms with Crippen molar-refractivity contribution < 1.29 is 14.5 Å². The summed E-state index contributed by atoms with van der Waals surface area (Å²) in [5.74, 6) is 0.447. The zero-order valence-electron chi connectivity index (χ0n) is 23.8. The molecule has 0 atom stereocenters. The largest absolute Gasteiger partial charge is 0.494 e. The van der Waals surface area contributed by atoms with Gasteiger partial charge in [-0.15, -0.1) is 0 Å². The van der Waals surface area contributed by atoms with Crippen molar-refractivity contribution in [2.75, 3.05) is 65.7 Å². The Morgan fingerprint density at radius 3 is 2.48 bits per heavy atom. The van der Waals surface area contributed by atoms with Crippen LogP contribution in [0.2, 0.25) is 0 Å². The van der Waals surface area contributed by atoms with Gasteiger partial charge in [0.15, 0.2) is 0 Å². The first kappa shape index (κ1) is 28.3. The van der Waals surface area contributed by atoms with E-state index in [9.17, 15) is 14.9 Å². The third kappa shape index (κ3) is 5.52. The molecule has 1 N–H and O–H groups in total. The highest BCUT2D eigenvalue weighted by Gasteiger charge is 2.25. The number of nitro groups is 1. The number of rotatable bonds is 10. The molecule has 2 heterocycles. The van der Waals surface area contributed by atoms with Crippen LogP contribution in [0.1, 0.15) is 10.5 Å². The lowest BCUT2D eigenvalue weighted by molar-refractivity contribution is -0.384. The summed E-state index contributed by atoms with van der Waals surface area (Å²) in [5, 5.41) is 16.0. The Bertz CT molecular complexity index is 1560. The number of benzene rings is 2. The standard InChI is InChI=1S/C28H34N8O4/c1-32(2)14-15-34(5)22-17-24(40-7)20(16-23(22)36(38)39)31-28-29-13-12-19(30-28)25-18-10-8-9-11-21(18)35(6)26(25)27(37)33(3)4/h8-13,16-17H,14-15H2,1-7H3,(H,29,30,31). The molecule has 2 aromatic carbocycles. The van der Waals surface area contributed by atoms with Crippen molar-refractivity contribution in [2.45, 2.75) is 0 Å². The summed E-state index contributed by atoms with van der Waals surface area (Å²) in [5.41, 5.74) is 3.31. The third-order valence-electron chi connectivity index (χ3n) is 6.66. The second-order valence-electron chi connectivity index (χ2n) is 9.91.